The van der Waals surface area contributed by atoms with Gasteiger partial charge in [0.1, 0.15) is 11.8 Å². The lowest BCUT2D eigenvalue weighted by atomic mass is 9.47. The number of nitrogens with one attached hydrogen (secondary N) is 2. The van der Waals surface area contributed by atoms with Crippen molar-refractivity contribution in [3.8, 4) is 0 Å². The van der Waals surface area contributed by atoms with Gasteiger partial charge in [0.05, 0.1) is 5.60 Å². The van der Waals surface area contributed by atoms with Crippen LogP contribution in [-0.4, -0.2) is 51.0 Å². The van der Waals surface area contributed by atoms with Crippen molar-refractivity contribution in [3.05, 3.63) is 59.8 Å². The molecule has 6 rings (SSSR count). The Hall–Kier alpha value is -3.39. The molecule has 41 heavy (non-hydrogen) atoms. The molecule has 1 heterocycles. The Balaban J connectivity index is 1.07. The highest BCUT2D eigenvalue weighted by atomic mass is 16.6. The lowest BCUT2D eigenvalue weighted by Gasteiger charge is -2.58. The SMILES string of the molecule is C[C@]12C=C/C(=N\OCC(=O)N[C@H](Cc3c[nH]c4ccccc34)C(=O)O)C=C1CC[C@@H]1[C@@H]2CC[C@@]2(C)[C@H]1CC[C@]2(C)O. The topological polar surface area (TPSA) is 124 Å². The number of fused-ring (bicyclic) bond motifs is 6. The molecule has 0 aliphatic heterocycles. The number of oxime groups is 1. The number of nitrogens with zero attached hydrogens (tertiary/aromatic N) is 1. The zero-order valence-electron chi connectivity index (χ0n) is 24.2. The van der Waals surface area contributed by atoms with Gasteiger partial charge < -0.3 is 25.4 Å². The van der Waals surface area contributed by atoms with Gasteiger partial charge in [0.2, 0.25) is 0 Å². The van der Waals surface area contributed by atoms with Gasteiger partial charge in [0.15, 0.2) is 6.61 Å². The number of aliphatic hydroxyl groups is 1. The van der Waals surface area contributed by atoms with E-state index < -0.39 is 23.5 Å². The molecule has 8 nitrogen and oxygen atoms in total. The number of aliphatic carboxylic acids is 1. The van der Waals surface area contributed by atoms with Crippen LogP contribution in [0.5, 0.6) is 0 Å². The molecule has 0 saturated heterocycles. The Bertz CT molecular complexity index is 1450. The van der Waals surface area contributed by atoms with Crippen LogP contribution in [0.2, 0.25) is 0 Å². The zero-order chi connectivity index (χ0) is 29.0. The Kier molecular flexibility index (Phi) is 6.88. The van der Waals surface area contributed by atoms with E-state index in [2.05, 4.69) is 41.5 Å². The molecule has 1 aromatic heterocycles. The molecule has 4 N–H and O–H groups in total. The molecule has 4 aliphatic carbocycles. The maximum atomic E-state index is 12.6. The van der Waals surface area contributed by atoms with Crippen molar-refractivity contribution in [1.29, 1.82) is 0 Å². The van der Waals surface area contributed by atoms with Crippen molar-refractivity contribution in [3.63, 3.8) is 0 Å². The first-order chi connectivity index (χ1) is 19.5. The molecule has 2 aromatic rings. The largest absolute Gasteiger partial charge is 0.480 e. The van der Waals surface area contributed by atoms with Crippen LogP contribution in [0.1, 0.15) is 64.9 Å². The first-order valence-electron chi connectivity index (χ1n) is 14.9. The fourth-order valence-electron chi connectivity index (χ4n) is 8.63. The van der Waals surface area contributed by atoms with Crippen LogP contribution in [0.3, 0.4) is 0 Å². The number of allylic oxidation sites excluding steroid dienone is 4. The van der Waals surface area contributed by atoms with E-state index >= 15 is 0 Å². The molecule has 1 aromatic carbocycles. The number of carboxylic acid groups (broad SMARTS) is 1. The molecule has 1 amide bonds. The van der Waals surface area contributed by atoms with E-state index in [4.69, 9.17) is 4.84 Å². The average molecular weight is 560 g/mol. The first-order valence-corrected chi connectivity index (χ1v) is 14.9. The third-order valence-electron chi connectivity index (χ3n) is 11.2. The number of carbonyl (C=O) groups is 2. The fraction of sp³-hybridized carbons (Fsp3) is 0.545. The van der Waals surface area contributed by atoms with E-state index in [1.165, 1.54) is 5.57 Å². The molecule has 3 fully saturated rings. The maximum absolute atomic E-state index is 12.6. The minimum atomic E-state index is -1.10. The Morgan fingerprint density at radius 1 is 1.15 bits per heavy atom. The predicted octanol–water partition coefficient (Wildman–Crippen LogP) is 5.14. The second kappa shape index (κ2) is 10.2. The summed E-state index contributed by atoms with van der Waals surface area (Å²) in [6, 6.07) is 6.58. The van der Waals surface area contributed by atoms with Crippen molar-refractivity contribution in [1.82, 2.24) is 10.3 Å². The molecule has 0 unspecified atom stereocenters. The number of hydrogen-bond donors (Lipinski definition) is 4. The van der Waals surface area contributed by atoms with E-state index in [1.54, 1.807) is 6.20 Å². The molecule has 0 bridgehead atoms. The fourth-order valence-corrected chi connectivity index (χ4v) is 8.63. The molecule has 4 aliphatic rings. The second-order valence-corrected chi connectivity index (χ2v) is 13.3. The third-order valence-corrected chi connectivity index (χ3v) is 11.2. The van der Waals surface area contributed by atoms with Crippen molar-refractivity contribution in [2.75, 3.05) is 6.61 Å². The van der Waals surface area contributed by atoms with Crippen molar-refractivity contribution >= 4 is 28.5 Å². The van der Waals surface area contributed by atoms with Gasteiger partial charge in [-0.3, -0.25) is 4.79 Å². The molecule has 0 radical (unpaired) electrons. The number of carbonyl (C=O) groups excluding carboxylic acids is 1. The third kappa shape index (κ3) is 4.70. The standard InChI is InChI=1S/C33H41N3O5/c1-31-13-10-22(17-21(31)8-9-24-25(31)11-14-32(2)26(24)12-15-33(32,3)40)36-41-19-29(37)35-28(30(38)39)16-20-18-34-27-7-5-4-6-23(20)27/h4-7,10,13,17-18,24-26,28,34,40H,8-9,11-12,14-16,19H2,1-3H3,(H,35,37)(H,38,39)/b36-22+/t24-,25+,26+,28-,31+,32+,33+/m1/s1. The number of benzene rings is 1. The van der Waals surface area contributed by atoms with Gasteiger partial charge >= 0.3 is 5.97 Å². The van der Waals surface area contributed by atoms with E-state index in [0.29, 0.717) is 23.5 Å². The number of hydrogen-bond acceptors (Lipinski definition) is 5. The lowest BCUT2D eigenvalue weighted by Crippen LogP contribution is -2.53. The predicted molar refractivity (Wildman–Crippen MR) is 157 cm³/mol. The molecule has 3 saturated carbocycles. The summed E-state index contributed by atoms with van der Waals surface area (Å²) in [4.78, 5) is 33.0. The van der Waals surface area contributed by atoms with Crippen molar-refractivity contribution in [2.24, 2.45) is 33.7 Å². The zero-order valence-corrected chi connectivity index (χ0v) is 24.2. The summed E-state index contributed by atoms with van der Waals surface area (Å²) in [6.07, 6.45) is 14.6. The van der Waals surface area contributed by atoms with Crippen LogP contribution < -0.4 is 5.32 Å². The summed E-state index contributed by atoms with van der Waals surface area (Å²) in [7, 11) is 0. The number of aromatic nitrogens is 1. The van der Waals surface area contributed by atoms with Gasteiger partial charge in [0, 0.05) is 28.9 Å². The van der Waals surface area contributed by atoms with Gasteiger partial charge in [0.25, 0.3) is 5.91 Å². The van der Waals surface area contributed by atoms with Crippen LogP contribution in [0.15, 0.2) is 59.4 Å². The summed E-state index contributed by atoms with van der Waals surface area (Å²) >= 11 is 0. The van der Waals surface area contributed by atoms with E-state index in [-0.39, 0.29) is 23.9 Å². The van der Waals surface area contributed by atoms with Gasteiger partial charge in [-0.05, 0) is 92.4 Å². The van der Waals surface area contributed by atoms with Gasteiger partial charge in [-0.15, -0.1) is 0 Å². The highest BCUT2D eigenvalue weighted by Gasteiger charge is 2.62. The van der Waals surface area contributed by atoms with Crippen LogP contribution in [0, 0.1) is 28.6 Å². The monoisotopic (exact) mass is 559 g/mol. The van der Waals surface area contributed by atoms with Crippen LogP contribution in [0.25, 0.3) is 10.9 Å². The minimum absolute atomic E-state index is 0.000224. The van der Waals surface area contributed by atoms with Crippen molar-refractivity contribution in [2.45, 2.75) is 77.4 Å². The van der Waals surface area contributed by atoms with E-state index in [0.717, 1.165) is 55.0 Å². The second-order valence-electron chi connectivity index (χ2n) is 13.3. The highest BCUT2D eigenvalue weighted by molar-refractivity contribution is 6.05. The molecule has 8 heteroatoms. The quantitative estimate of drug-likeness (QED) is 0.350. The van der Waals surface area contributed by atoms with Crippen LogP contribution in [0.4, 0.5) is 0 Å². The minimum Gasteiger partial charge on any atom is -0.480 e. The molecular weight excluding hydrogens is 518 g/mol. The molecular formula is C33H41N3O5. The lowest BCUT2D eigenvalue weighted by molar-refractivity contribution is -0.142. The average Bonchev–Trinajstić information content (AvgIpc) is 3.45. The first kappa shape index (κ1) is 27.8. The summed E-state index contributed by atoms with van der Waals surface area (Å²) in [5, 5.41) is 28.6. The summed E-state index contributed by atoms with van der Waals surface area (Å²) in [5.41, 5.74) is 3.16. The van der Waals surface area contributed by atoms with Gasteiger partial charge in [-0.1, -0.05) is 48.9 Å². The number of H-pyrrole nitrogens is 1. The number of amides is 1. The number of para-hydroxylation sites is 1. The molecule has 7 atom stereocenters. The summed E-state index contributed by atoms with van der Waals surface area (Å²) < 4.78 is 0. The number of rotatable bonds is 7. The summed E-state index contributed by atoms with van der Waals surface area (Å²) in [6.45, 7) is 6.33. The van der Waals surface area contributed by atoms with Gasteiger partial charge in [-0.25, -0.2) is 4.79 Å². The Morgan fingerprint density at radius 2 is 1.93 bits per heavy atom. The van der Waals surface area contributed by atoms with Crippen LogP contribution in [-0.2, 0) is 20.8 Å². The maximum Gasteiger partial charge on any atom is 0.326 e. The Labute approximate surface area is 240 Å². The molecule has 0 spiro atoms. The number of aromatic amines is 1. The summed E-state index contributed by atoms with van der Waals surface area (Å²) in [5.74, 6) is 0.0834. The van der Waals surface area contributed by atoms with Crippen molar-refractivity contribution < 1.29 is 24.6 Å². The normalized spacial score (nSPS) is 35.8. The molecule has 218 valence electrons. The smallest absolute Gasteiger partial charge is 0.326 e. The number of carboxylic acids is 1. The Morgan fingerprint density at radius 3 is 2.73 bits per heavy atom. The van der Waals surface area contributed by atoms with E-state index in [9.17, 15) is 19.8 Å². The van der Waals surface area contributed by atoms with E-state index in [1.807, 2.05) is 37.3 Å². The van der Waals surface area contributed by atoms with Gasteiger partial charge in [-0.2, -0.15) is 0 Å². The van der Waals surface area contributed by atoms with Crippen LogP contribution >= 0.6 is 0 Å². The highest BCUT2D eigenvalue weighted by Crippen LogP contribution is 2.66.